The highest BCUT2D eigenvalue weighted by molar-refractivity contribution is 4.96. The molecule has 0 heterocycles. The van der Waals surface area contributed by atoms with Crippen LogP contribution in [-0.4, -0.2) is 6.54 Å². The summed E-state index contributed by atoms with van der Waals surface area (Å²) in [7, 11) is 0. The van der Waals surface area contributed by atoms with E-state index in [-0.39, 0.29) is 0 Å². The summed E-state index contributed by atoms with van der Waals surface area (Å²) in [6, 6.07) is 0. The zero-order chi connectivity index (χ0) is 9.31. The van der Waals surface area contributed by atoms with Crippen LogP contribution in [0.25, 0.3) is 0 Å². The Morgan fingerprint density at radius 2 is 1.77 bits per heavy atom. The van der Waals surface area contributed by atoms with E-state index in [9.17, 15) is 0 Å². The molecule has 0 atom stereocenters. The number of nitrogens with two attached hydrogens (primary N) is 1. The van der Waals surface area contributed by atoms with Gasteiger partial charge in [-0.05, 0) is 55.9 Å². The molecule has 0 unspecified atom stereocenters. The van der Waals surface area contributed by atoms with Crippen molar-refractivity contribution in [3.63, 3.8) is 0 Å². The second-order valence-electron chi connectivity index (χ2n) is 5.36. The Bertz CT molecular complexity index is 164. The molecule has 2 N–H and O–H groups in total. The summed E-state index contributed by atoms with van der Waals surface area (Å²) in [6.07, 6.45) is 10.1. The molecule has 1 heteroatoms. The predicted molar refractivity (Wildman–Crippen MR) is 56.5 cm³/mol. The molecule has 0 aromatic heterocycles. The van der Waals surface area contributed by atoms with Crippen molar-refractivity contribution in [2.45, 2.75) is 51.9 Å². The van der Waals surface area contributed by atoms with Gasteiger partial charge >= 0.3 is 0 Å². The molecule has 76 valence electrons. The second kappa shape index (κ2) is 3.61. The van der Waals surface area contributed by atoms with Crippen LogP contribution in [0.3, 0.4) is 0 Å². The fourth-order valence-corrected chi connectivity index (χ4v) is 3.18. The average molecular weight is 181 g/mol. The van der Waals surface area contributed by atoms with Gasteiger partial charge in [-0.2, -0.15) is 0 Å². The maximum absolute atomic E-state index is 5.74. The third kappa shape index (κ3) is 1.90. The first kappa shape index (κ1) is 9.51. The Balaban J connectivity index is 1.97. The molecule has 0 aromatic carbocycles. The minimum Gasteiger partial charge on any atom is -0.330 e. The minimum absolute atomic E-state index is 0.696. The van der Waals surface area contributed by atoms with E-state index < -0.39 is 0 Å². The summed E-state index contributed by atoms with van der Waals surface area (Å²) < 4.78 is 0. The Kier molecular flexibility index (Phi) is 2.64. The lowest BCUT2D eigenvalue weighted by atomic mass is 9.66. The molecular weight excluding hydrogens is 158 g/mol. The van der Waals surface area contributed by atoms with E-state index in [0.29, 0.717) is 5.41 Å². The van der Waals surface area contributed by atoms with Crippen molar-refractivity contribution in [2.24, 2.45) is 23.0 Å². The van der Waals surface area contributed by atoms with E-state index in [1.807, 2.05) is 0 Å². The summed E-state index contributed by atoms with van der Waals surface area (Å²) in [6.45, 7) is 3.31. The Morgan fingerprint density at radius 1 is 1.15 bits per heavy atom. The molecule has 2 saturated carbocycles. The van der Waals surface area contributed by atoms with E-state index in [2.05, 4.69) is 6.92 Å². The van der Waals surface area contributed by atoms with Gasteiger partial charge in [-0.15, -0.1) is 0 Å². The van der Waals surface area contributed by atoms with E-state index in [1.54, 1.807) is 0 Å². The van der Waals surface area contributed by atoms with Gasteiger partial charge < -0.3 is 5.73 Å². The quantitative estimate of drug-likeness (QED) is 0.711. The average Bonchev–Trinajstić information content (AvgIpc) is 2.93. The lowest BCUT2D eigenvalue weighted by Crippen LogP contribution is -2.31. The largest absolute Gasteiger partial charge is 0.330 e. The molecule has 2 rings (SSSR count). The van der Waals surface area contributed by atoms with Crippen LogP contribution in [0.15, 0.2) is 0 Å². The van der Waals surface area contributed by atoms with Gasteiger partial charge in [0.2, 0.25) is 0 Å². The highest BCUT2D eigenvalue weighted by Gasteiger charge is 2.45. The molecule has 13 heavy (non-hydrogen) atoms. The number of rotatable bonds is 3. The van der Waals surface area contributed by atoms with Gasteiger partial charge in [0.15, 0.2) is 0 Å². The van der Waals surface area contributed by atoms with Crippen molar-refractivity contribution in [3.05, 3.63) is 0 Å². The molecular formula is C12H23N. The second-order valence-corrected chi connectivity index (χ2v) is 5.36. The highest BCUT2D eigenvalue weighted by Crippen LogP contribution is 2.56. The summed E-state index contributed by atoms with van der Waals surface area (Å²) in [5, 5.41) is 0. The van der Waals surface area contributed by atoms with Gasteiger partial charge in [0.1, 0.15) is 0 Å². The van der Waals surface area contributed by atoms with Gasteiger partial charge in [-0.3, -0.25) is 0 Å². The van der Waals surface area contributed by atoms with E-state index in [1.165, 1.54) is 44.9 Å². The summed E-state index contributed by atoms with van der Waals surface area (Å²) in [5.74, 6) is 2.04. The molecule has 0 amide bonds. The Hall–Kier alpha value is -0.0400. The first-order chi connectivity index (χ1) is 6.27. The molecule has 2 aliphatic carbocycles. The van der Waals surface area contributed by atoms with Gasteiger partial charge in [-0.1, -0.05) is 19.8 Å². The zero-order valence-corrected chi connectivity index (χ0v) is 8.89. The molecule has 2 fully saturated rings. The van der Waals surface area contributed by atoms with E-state index >= 15 is 0 Å². The van der Waals surface area contributed by atoms with Crippen LogP contribution in [0.5, 0.6) is 0 Å². The maximum Gasteiger partial charge on any atom is -0.00719 e. The first-order valence-corrected chi connectivity index (χ1v) is 5.97. The van der Waals surface area contributed by atoms with Gasteiger partial charge in [0, 0.05) is 0 Å². The monoisotopic (exact) mass is 181 g/mol. The third-order valence-electron chi connectivity index (χ3n) is 4.36. The van der Waals surface area contributed by atoms with Crippen molar-refractivity contribution in [3.8, 4) is 0 Å². The van der Waals surface area contributed by atoms with Crippen LogP contribution in [0.4, 0.5) is 0 Å². The van der Waals surface area contributed by atoms with Gasteiger partial charge in [0.25, 0.3) is 0 Å². The SMILES string of the molecule is CC1CCC(CCN)(C2CC2)CC1. The summed E-state index contributed by atoms with van der Waals surface area (Å²) >= 11 is 0. The van der Waals surface area contributed by atoms with E-state index in [4.69, 9.17) is 5.73 Å². The third-order valence-corrected chi connectivity index (χ3v) is 4.36. The molecule has 0 bridgehead atoms. The lowest BCUT2D eigenvalue weighted by Gasteiger charge is -2.40. The maximum atomic E-state index is 5.74. The lowest BCUT2D eigenvalue weighted by molar-refractivity contribution is 0.116. The molecule has 1 nitrogen and oxygen atoms in total. The molecule has 0 aromatic rings. The topological polar surface area (TPSA) is 26.0 Å². The van der Waals surface area contributed by atoms with Crippen LogP contribution >= 0.6 is 0 Å². The van der Waals surface area contributed by atoms with Crippen molar-refractivity contribution in [1.82, 2.24) is 0 Å². The minimum atomic E-state index is 0.696. The molecule has 0 aliphatic heterocycles. The molecule has 0 radical (unpaired) electrons. The number of hydrogen-bond donors (Lipinski definition) is 1. The van der Waals surface area contributed by atoms with Crippen LogP contribution in [0.1, 0.15) is 51.9 Å². The standard InChI is InChI=1S/C12H23N/c1-10-4-6-12(7-5-10,8-9-13)11-2-3-11/h10-11H,2-9,13H2,1H3. The summed E-state index contributed by atoms with van der Waals surface area (Å²) in [5.41, 5.74) is 6.44. The van der Waals surface area contributed by atoms with Crippen molar-refractivity contribution in [2.75, 3.05) is 6.54 Å². The predicted octanol–water partition coefficient (Wildman–Crippen LogP) is 2.94. The van der Waals surface area contributed by atoms with Crippen molar-refractivity contribution < 1.29 is 0 Å². The van der Waals surface area contributed by atoms with Gasteiger partial charge in [0.05, 0.1) is 0 Å². The summed E-state index contributed by atoms with van der Waals surface area (Å²) in [4.78, 5) is 0. The fraction of sp³-hybridized carbons (Fsp3) is 1.00. The smallest absolute Gasteiger partial charge is 0.00719 e. The molecule has 0 saturated heterocycles. The fourth-order valence-electron chi connectivity index (χ4n) is 3.18. The zero-order valence-electron chi connectivity index (χ0n) is 8.89. The number of hydrogen-bond acceptors (Lipinski definition) is 1. The molecule has 2 aliphatic rings. The Labute approximate surface area is 82.1 Å². The van der Waals surface area contributed by atoms with Crippen LogP contribution in [0, 0.1) is 17.3 Å². The first-order valence-electron chi connectivity index (χ1n) is 5.97. The van der Waals surface area contributed by atoms with E-state index in [0.717, 1.165) is 18.4 Å². The normalized spacial score (nSPS) is 40.6. The van der Waals surface area contributed by atoms with Crippen LogP contribution in [-0.2, 0) is 0 Å². The van der Waals surface area contributed by atoms with Gasteiger partial charge in [-0.25, -0.2) is 0 Å². The van der Waals surface area contributed by atoms with Crippen molar-refractivity contribution in [1.29, 1.82) is 0 Å². The highest BCUT2D eigenvalue weighted by atomic mass is 14.6. The molecule has 0 spiro atoms. The Morgan fingerprint density at radius 3 is 2.23 bits per heavy atom. The van der Waals surface area contributed by atoms with Crippen molar-refractivity contribution >= 4 is 0 Å². The van der Waals surface area contributed by atoms with Crippen LogP contribution < -0.4 is 5.73 Å². The van der Waals surface area contributed by atoms with Crippen LogP contribution in [0.2, 0.25) is 0 Å².